The Kier molecular flexibility index (Phi) is 3.35. The minimum atomic E-state index is 0.761. The highest BCUT2D eigenvalue weighted by Crippen LogP contribution is 2.35. The summed E-state index contributed by atoms with van der Waals surface area (Å²) in [5.74, 6) is 0.867. The van der Waals surface area contributed by atoms with Gasteiger partial charge in [0.15, 0.2) is 0 Å². The highest BCUT2D eigenvalue weighted by molar-refractivity contribution is 5.91. The lowest BCUT2D eigenvalue weighted by molar-refractivity contribution is 0.416. The van der Waals surface area contributed by atoms with E-state index in [1.807, 2.05) is 36.8 Å². The quantitative estimate of drug-likeness (QED) is 0.617. The second-order valence-corrected chi connectivity index (χ2v) is 5.46. The number of para-hydroxylation sites is 2. The summed E-state index contributed by atoms with van der Waals surface area (Å²) in [7, 11) is 1.71. The number of hydrogen-bond acceptors (Lipinski definition) is 2. The molecule has 0 amide bonds. The van der Waals surface area contributed by atoms with Gasteiger partial charge in [-0.3, -0.25) is 0 Å². The number of benzene rings is 2. The van der Waals surface area contributed by atoms with Crippen LogP contribution in [0.15, 0.2) is 67.3 Å². The molecule has 0 aliphatic heterocycles. The number of aromatic amines is 1. The number of fused-ring (bicyclic) bond motifs is 1. The molecule has 4 aromatic rings. The Labute approximate surface area is 134 Å². The van der Waals surface area contributed by atoms with Crippen molar-refractivity contribution in [3.8, 4) is 17.0 Å². The standard InChI is InChI=1S/C19H17N3O/c1-23-18-9-5-3-7-15(18)19-16(12-22-11-10-20-13-22)14-6-2-4-8-17(14)21-19/h2-11,13,21H,12H2,1H3. The predicted octanol–water partition coefficient (Wildman–Crippen LogP) is 4.09. The van der Waals surface area contributed by atoms with Gasteiger partial charge in [-0.25, -0.2) is 4.98 Å². The zero-order chi connectivity index (χ0) is 15.6. The second-order valence-electron chi connectivity index (χ2n) is 5.46. The Morgan fingerprint density at radius 2 is 1.91 bits per heavy atom. The van der Waals surface area contributed by atoms with Gasteiger partial charge in [0.1, 0.15) is 5.75 Å². The molecule has 0 atom stereocenters. The zero-order valence-electron chi connectivity index (χ0n) is 12.9. The molecule has 0 bridgehead atoms. The van der Waals surface area contributed by atoms with Crippen LogP contribution in [0.2, 0.25) is 0 Å². The Bertz CT molecular complexity index is 938. The van der Waals surface area contributed by atoms with E-state index in [4.69, 9.17) is 4.74 Å². The van der Waals surface area contributed by atoms with E-state index in [2.05, 4.69) is 38.8 Å². The summed E-state index contributed by atoms with van der Waals surface area (Å²) >= 11 is 0. The first kappa shape index (κ1) is 13.6. The van der Waals surface area contributed by atoms with Gasteiger partial charge in [0.05, 0.1) is 25.7 Å². The van der Waals surface area contributed by atoms with E-state index in [9.17, 15) is 0 Å². The Balaban J connectivity index is 1.95. The van der Waals surface area contributed by atoms with Crippen LogP contribution < -0.4 is 4.74 Å². The molecule has 23 heavy (non-hydrogen) atoms. The van der Waals surface area contributed by atoms with Crippen molar-refractivity contribution >= 4 is 10.9 Å². The van der Waals surface area contributed by atoms with Crippen molar-refractivity contribution in [2.45, 2.75) is 6.54 Å². The van der Waals surface area contributed by atoms with Crippen LogP contribution in [-0.4, -0.2) is 21.6 Å². The number of nitrogens with zero attached hydrogens (tertiary/aromatic N) is 2. The lowest BCUT2D eigenvalue weighted by Crippen LogP contribution is -1.98. The first-order valence-corrected chi connectivity index (χ1v) is 7.55. The summed E-state index contributed by atoms with van der Waals surface area (Å²) in [6, 6.07) is 16.5. The van der Waals surface area contributed by atoms with E-state index >= 15 is 0 Å². The third kappa shape index (κ3) is 2.38. The number of rotatable bonds is 4. The van der Waals surface area contributed by atoms with Crippen LogP contribution in [0.1, 0.15) is 5.56 Å². The van der Waals surface area contributed by atoms with Crippen LogP contribution in [0.4, 0.5) is 0 Å². The average molecular weight is 303 g/mol. The molecule has 0 saturated carbocycles. The summed E-state index contributed by atoms with van der Waals surface area (Å²) in [5, 5.41) is 1.22. The second kappa shape index (κ2) is 5.65. The van der Waals surface area contributed by atoms with Gasteiger partial charge in [0, 0.05) is 34.4 Å². The van der Waals surface area contributed by atoms with Crippen molar-refractivity contribution in [3.63, 3.8) is 0 Å². The van der Waals surface area contributed by atoms with E-state index in [1.165, 1.54) is 10.9 Å². The number of nitrogens with one attached hydrogen (secondary N) is 1. The minimum Gasteiger partial charge on any atom is -0.496 e. The molecule has 1 N–H and O–H groups in total. The number of ether oxygens (including phenoxy) is 1. The van der Waals surface area contributed by atoms with E-state index in [0.717, 1.165) is 29.1 Å². The van der Waals surface area contributed by atoms with Crippen LogP contribution in [0.3, 0.4) is 0 Å². The van der Waals surface area contributed by atoms with Gasteiger partial charge >= 0.3 is 0 Å². The molecular weight excluding hydrogens is 286 g/mol. The van der Waals surface area contributed by atoms with Gasteiger partial charge in [-0.2, -0.15) is 0 Å². The molecule has 4 rings (SSSR count). The maximum Gasteiger partial charge on any atom is 0.128 e. The van der Waals surface area contributed by atoms with Crippen molar-refractivity contribution in [2.75, 3.05) is 7.11 Å². The van der Waals surface area contributed by atoms with Gasteiger partial charge in [-0.05, 0) is 18.2 Å². The van der Waals surface area contributed by atoms with E-state index in [0.29, 0.717) is 0 Å². The molecule has 2 aromatic carbocycles. The SMILES string of the molecule is COc1ccccc1-c1[nH]c2ccccc2c1Cn1ccnc1. The van der Waals surface area contributed by atoms with Crippen LogP contribution in [0, 0.1) is 0 Å². The maximum atomic E-state index is 5.55. The number of hydrogen-bond donors (Lipinski definition) is 1. The van der Waals surface area contributed by atoms with Crippen molar-refractivity contribution in [2.24, 2.45) is 0 Å². The molecule has 0 aliphatic rings. The number of H-pyrrole nitrogens is 1. The van der Waals surface area contributed by atoms with E-state index in [-0.39, 0.29) is 0 Å². The molecule has 4 heteroatoms. The molecular formula is C19H17N3O. The highest BCUT2D eigenvalue weighted by atomic mass is 16.5. The van der Waals surface area contributed by atoms with Crippen molar-refractivity contribution < 1.29 is 4.74 Å². The highest BCUT2D eigenvalue weighted by Gasteiger charge is 2.16. The third-order valence-electron chi connectivity index (χ3n) is 4.09. The topological polar surface area (TPSA) is 42.8 Å². The molecule has 0 aliphatic carbocycles. The van der Waals surface area contributed by atoms with Gasteiger partial charge in [-0.1, -0.05) is 30.3 Å². The Morgan fingerprint density at radius 1 is 1.09 bits per heavy atom. The van der Waals surface area contributed by atoms with Crippen molar-refractivity contribution in [3.05, 3.63) is 72.8 Å². The molecule has 0 fully saturated rings. The summed E-state index contributed by atoms with van der Waals surface area (Å²) in [4.78, 5) is 7.70. The summed E-state index contributed by atoms with van der Waals surface area (Å²) in [6.45, 7) is 0.761. The number of methoxy groups -OCH3 is 1. The Morgan fingerprint density at radius 3 is 2.74 bits per heavy atom. The lowest BCUT2D eigenvalue weighted by Gasteiger charge is -2.10. The normalized spacial score (nSPS) is 11.0. The minimum absolute atomic E-state index is 0.761. The molecule has 0 unspecified atom stereocenters. The fraction of sp³-hybridized carbons (Fsp3) is 0.105. The molecule has 2 aromatic heterocycles. The van der Waals surface area contributed by atoms with Gasteiger partial charge in [0.25, 0.3) is 0 Å². The lowest BCUT2D eigenvalue weighted by atomic mass is 10.0. The van der Waals surface area contributed by atoms with Crippen LogP contribution in [0.25, 0.3) is 22.2 Å². The smallest absolute Gasteiger partial charge is 0.128 e. The molecule has 2 heterocycles. The predicted molar refractivity (Wildman–Crippen MR) is 91.6 cm³/mol. The molecule has 114 valence electrons. The zero-order valence-corrected chi connectivity index (χ0v) is 12.9. The molecule has 0 radical (unpaired) electrons. The molecule has 4 nitrogen and oxygen atoms in total. The summed E-state index contributed by atoms with van der Waals surface area (Å²) < 4.78 is 7.62. The largest absolute Gasteiger partial charge is 0.496 e. The fourth-order valence-corrected chi connectivity index (χ4v) is 3.01. The summed E-state index contributed by atoms with van der Waals surface area (Å²) in [6.07, 6.45) is 5.62. The first-order valence-electron chi connectivity index (χ1n) is 7.55. The third-order valence-corrected chi connectivity index (χ3v) is 4.09. The van der Waals surface area contributed by atoms with E-state index < -0.39 is 0 Å². The summed E-state index contributed by atoms with van der Waals surface area (Å²) in [5.41, 5.74) is 4.53. The van der Waals surface area contributed by atoms with Crippen LogP contribution in [0.5, 0.6) is 5.75 Å². The maximum absolute atomic E-state index is 5.55. The van der Waals surface area contributed by atoms with Gasteiger partial charge in [-0.15, -0.1) is 0 Å². The van der Waals surface area contributed by atoms with Gasteiger partial charge < -0.3 is 14.3 Å². The number of imidazole rings is 1. The average Bonchev–Trinajstić information content (AvgIpc) is 3.23. The Hall–Kier alpha value is -3.01. The van der Waals surface area contributed by atoms with Gasteiger partial charge in [0.2, 0.25) is 0 Å². The van der Waals surface area contributed by atoms with Crippen LogP contribution >= 0.6 is 0 Å². The molecule has 0 spiro atoms. The van der Waals surface area contributed by atoms with E-state index in [1.54, 1.807) is 13.3 Å². The first-order chi connectivity index (χ1) is 11.4. The molecule has 0 saturated heterocycles. The van der Waals surface area contributed by atoms with Crippen molar-refractivity contribution in [1.29, 1.82) is 0 Å². The monoisotopic (exact) mass is 303 g/mol. The van der Waals surface area contributed by atoms with Crippen molar-refractivity contribution in [1.82, 2.24) is 14.5 Å². The number of aromatic nitrogens is 3. The fourth-order valence-electron chi connectivity index (χ4n) is 3.01. The van der Waals surface area contributed by atoms with Crippen LogP contribution in [-0.2, 0) is 6.54 Å².